The maximum atomic E-state index is 11.7. The van der Waals surface area contributed by atoms with Crippen LogP contribution >= 0.6 is 0 Å². The Morgan fingerprint density at radius 1 is 1.37 bits per heavy atom. The predicted octanol–water partition coefficient (Wildman–Crippen LogP) is 2.63. The molecule has 0 saturated heterocycles. The number of ether oxygens (including phenoxy) is 2. The second kappa shape index (κ2) is 7.46. The van der Waals surface area contributed by atoms with E-state index >= 15 is 0 Å². The predicted molar refractivity (Wildman–Crippen MR) is 76.5 cm³/mol. The molecule has 4 nitrogen and oxygen atoms in total. The Morgan fingerprint density at radius 3 is 2.68 bits per heavy atom. The van der Waals surface area contributed by atoms with Gasteiger partial charge in [-0.15, -0.1) is 0 Å². The number of methoxy groups -OCH3 is 2. The van der Waals surface area contributed by atoms with Gasteiger partial charge in [-0.1, -0.05) is 6.92 Å². The molecule has 1 aromatic rings. The number of rotatable bonds is 6. The number of carbonyl (C=O) groups is 1. The van der Waals surface area contributed by atoms with Crippen LogP contribution in [-0.2, 0) is 4.79 Å². The number of benzene rings is 1. The van der Waals surface area contributed by atoms with Gasteiger partial charge in [0.2, 0.25) is 5.91 Å². The Morgan fingerprint density at radius 2 is 2.11 bits per heavy atom. The van der Waals surface area contributed by atoms with Crippen molar-refractivity contribution in [2.75, 3.05) is 14.2 Å². The number of hydrogen-bond donors (Lipinski definition) is 1. The van der Waals surface area contributed by atoms with Gasteiger partial charge in [-0.25, -0.2) is 0 Å². The average Bonchev–Trinajstić information content (AvgIpc) is 2.44. The molecule has 4 heteroatoms. The molecule has 1 amide bonds. The smallest absolute Gasteiger partial charge is 0.244 e. The molecule has 0 spiro atoms. The van der Waals surface area contributed by atoms with Gasteiger partial charge < -0.3 is 14.8 Å². The van der Waals surface area contributed by atoms with Crippen LogP contribution in [0.15, 0.2) is 24.3 Å². The molecule has 1 atom stereocenters. The molecule has 0 saturated carbocycles. The van der Waals surface area contributed by atoms with Crippen molar-refractivity contribution >= 4 is 12.0 Å². The zero-order chi connectivity index (χ0) is 14.3. The van der Waals surface area contributed by atoms with Crippen LogP contribution in [0.3, 0.4) is 0 Å². The van der Waals surface area contributed by atoms with E-state index in [1.807, 2.05) is 32.0 Å². The van der Waals surface area contributed by atoms with E-state index in [1.54, 1.807) is 20.3 Å². The number of amides is 1. The molecule has 0 aromatic heterocycles. The minimum absolute atomic E-state index is 0.112. The third-order valence-electron chi connectivity index (χ3n) is 2.85. The van der Waals surface area contributed by atoms with Crippen molar-refractivity contribution in [1.29, 1.82) is 0 Å². The fourth-order valence-corrected chi connectivity index (χ4v) is 1.53. The monoisotopic (exact) mass is 263 g/mol. The molecule has 104 valence electrons. The average molecular weight is 263 g/mol. The van der Waals surface area contributed by atoms with E-state index in [9.17, 15) is 4.79 Å². The summed E-state index contributed by atoms with van der Waals surface area (Å²) in [4.78, 5) is 11.7. The van der Waals surface area contributed by atoms with E-state index < -0.39 is 0 Å². The summed E-state index contributed by atoms with van der Waals surface area (Å²) in [6.45, 7) is 4.00. The summed E-state index contributed by atoms with van der Waals surface area (Å²) in [6, 6.07) is 5.62. The molecular weight excluding hydrogens is 242 g/mol. The molecule has 1 rings (SSSR count). The fourth-order valence-electron chi connectivity index (χ4n) is 1.53. The summed E-state index contributed by atoms with van der Waals surface area (Å²) >= 11 is 0. The summed E-state index contributed by atoms with van der Waals surface area (Å²) in [5.41, 5.74) is 0.807. The first-order chi connectivity index (χ1) is 9.10. The van der Waals surface area contributed by atoms with E-state index in [0.29, 0.717) is 5.75 Å². The van der Waals surface area contributed by atoms with E-state index in [0.717, 1.165) is 17.7 Å². The normalized spacial score (nSPS) is 12.2. The summed E-state index contributed by atoms with van der Waals surface area (Å²) in [7, 11) is 3.20. The highest BCUT2D eigenvalue weighted by atomic mass is 16.5. The van der Waals surface area contributed by atoms with Crippen molar-refractivity contribution in [2.24, 2.45) is 0 Å². The Balaban J connectivity index is 2.82. The van der Waals surface area contributed by atoms with Gasteiger partial charge in [-0.2, -0.15) is 0 Å². The van der Waals surface area contributed by atoms with Crippen molar-refractivity contribution < 1.29 is 14.3 Å². The van der Waals surface area contributed by atoms with Gasteiger partial charge >= 0.3 is 0 Å². The van der Waals surface area contributed by atoms with Gasteiger partial charge in [0.05, 0.1) is 14.2 Å². The second-order valence-electron chi connectivity index (χ2n) is 4.26. The molecule has 0 aliphatic rings. The summed E-state index contributed by atoms with van der Waals surface area (Å²) in [6.07, 6.45) is 4.13. The van der Waals surface area contributed by atoms with E-state index in [2.05, 4.69) is 5.32 Å². The third kappa shape index (κ3) is 4.66. The van der Waals surface area contributed by atoms with Crippen molar-refractivity contribution in [2.45, 2.75) is 26.3 Å². The van der Waals surface area contributed by atoms with Crippen LogP contribution in [0.1, 0.15) is 25.8 Å². The largest absolute Gasteiger partial charge is 0.497 e. The summed E-state index contributed by atoms with van der Waals surface area (Å²) in [5, 5.41) is 2.87. The topological polar surface area (TPSA) is 47.6 Å². The van der Waals surface area contributed by atoms with Crippen LogP contribution in [0.2, 0.25) is 0 Å². The first-order valence-electron chi connectivity index (χ1n) is 6.31. The van der Waals surface area contributed by atoms with Gasteiger partial charge in [-0.3, -0.25) is 4.79 Å². The molecule has 19 heavy (non-hydrogen) atoms. The standard InChI is InChI=1S/C15H21NO3/c1-5-11(2)16-15(17)9-6-12-10-13(18-3)7-8-14(12)19-4/h6-11H,5H2,1-4H3,(H,16,17). The first kappa shape index (κ1) is 15.1. The molecular formula is C15H21NO3. The quantitative estimate of drug-likeness (QED) is 0.803. The second-order valence-corrected chi connectivity index (χ2v) is 4.26. The summed E-state index contributed by atoms with van der Waals surface area (Å²) in [5.74, 6) is 1.32. The highest BCUT2D eigenvalue weighted by Crippen LogP contribution is 2.24. The molecule has 1 aromatic carbocycles. The Hall–Kier alpha value is -1.97. The lowest BCUT2D eigenvalue weighted by Gasteiger charge is -2.09. The van der Waals surface area contributed by atoms with Crippen molar-refractivity contribution in [3.05, 3.63) is 29.8 Å². The molecule has 0 bridgehead atoms. The van der Waals surface area contributed by atoms with Crippen LogP contribution in [0.4, 0.5) is 0 Å². The SMILES string of the molecule is CCC(C)NC(=O)C=Cc1cc(OC)ccc1OC. The van der Waals surface area contributed by atoms with Crippen LogP contribution < -0.4 is 14.8 Å². The van der Waals surface area contributed by atoms with Gasteiger partial charge in [0.15, 0.2) is 0 Å². The van der Waals surface area contributed by atoms with Crippen LogP contribution in [-0.4, -0.2) is 26.2 Å². The van der Waals surface area contributed by atoms with Crippen molar-refractivity contribution in [1.82, 2.24) is 5.32 Å². The zero-order valence-corrected chi connectivity index (χ0v) is 11.9. The number of nitrogens with one attached hydrogen (secondary N) is 1. The molecule has 1 unspecified atom stereocenters. The van der Waals surface area contributed by atoms with Crippen LogP contribution in [0, 0.1) is 0 Å². The molecule has 0 radical (unpaired) electrons. The van der Waals surface area contributed by atoms with Crippen molar-refractivity contribution in [3.63, 3.8) is 0 Å². The van der Waals surface area contributed by atoms with E-state index in [1.165, 1.54) is 6.08 Å². The first-order valence-corrected chi connectivity index (χ1v) is 6.31. The van der Waals surface area contributed by atoms with Gasteiger partial charge in [0.25, 0.3) is 0 Å². The maximum absolute atomic E-state index is 11.7. The van der Waals surface area contributed by atoms with Crippen molar-refractivity contribution in [3.8, 4) is 11.5 Å². The lowest BCUT2D eigenvalue weighted by Crippen LogP contribution is -2.30. The number of carbonyl (C=O) groups excluding carboxylic acids is 1. The Bertz CT molecular complexity index is 455. The van der Waals surface area contributed by atoms with E-state index in [-0.39, 0.29) is 11.9 Å². The van der Waals surface area contributed by atoms with Gasteiger partial charge in [-0.05, 0) is 37.6 Å². The van der Waals surface area contributed by atoms with Gasteiger partial charge in [0.1, 0.15) is 11.5 Å². The fraction of sp³-hybridized carbons (Fsp3) is 0.400. The minimum Gasteiger partial charge on any atom is -0.497 e. The number of hydrogen-bond acceptors (Lipinski definition) is 3. The van der Waals surface area contributed by atoms with Gasteiger partial charge in [0, 0.05) is 17.7 Å². The molecule has 0 heterocycles. The lowest BCUT2D eigenvalue weighted by atomic mass is 10.1. The zero-order valence-electron chi connectivity index (χ0n) is 11.9. The Labute approximate surface area is 114 Å². The third-order valence-corrected chi connectivity index (χ3v) is 2.85. The highest BCUT2D eigenvalue weighted by molar-refractivity contribution is 5.92. The molecule has 1 N–H and O–H groups in total. The Kier molecular flexibility index (Phi) is 5.93. The summed E-state index contributed by atoms with van der Waals surface area (Å²) < 4.78 is 10.4. The molecule has 0 aliphatic heterocycles. The molecule has 0 aliphatic carbocycles. The van der Waals surface area contributed by atoms with E-state index in [4.69, 9.17) is 9.47 Å². The van der Waals surface area contributed by atoms with Crippen LogP contribution in [0.25, 0.3) is 6.08 Å². The maximum Gasteiger partial charge on any atom is 0.244 e. The lowest BCUT2D eigenvalue weighted by molar-refractivity contribution is -0.117. The highest BCUT2D eigenvalue weighted by Gasteiger charge is 2.04. The van der Waals surface area contributed by atoms with Crippen LogP contribution in [0.5, 0.6) is 11.5 Å². The minimum atomic E-state index is -0.112. The molecule has 0 fully saturated rings.